The first-order valence-corrected chi connectivity index (χ1v) is 3.65. The van der Waals surface area contributed by atoms with E-state index in [1.165, 1.54) is 6.42 Å². The SMILES string of the molecule is CN1C[C@@H]2C[C@H]1C[C@H]2O.Cl. The average Bonchev–Trinajstić information content (AvgIpc) is 2.24. The number of halogens is 1. The van der Waals surface area contributed by atoms with E-state index in [-0.39, 0.29) is 18.5 Å². The molecule has 1 heterocycles. The molecule has 2 fully saturated rings. The largest absolute Gasteiger partial charge is 0.393 e. The summed E-state index contributed by atoms with van der Waals surface area (Å²) >= 11 is 0. The Labute approximate surface area is 67.6 Å². The fourth-order valence-corrected chi connectivity index (χ4v) is 2.15. The molecule has 2 nitrogen and oxygen atoms in total. The molecule has 60 valence electrons. The summed E-state index contributed by atoms with van der Waals surface area (Å²) in [6.07, 6.45) is 2.27. The quantitative estimate of drug-likeness (QED) is 0.562. The van der Waals surface area contributed by atoms with Crippen LogP contribution in [0.1, 0.15) is 12.8 Å². The van der Waals surface area contributed by atoms with Crippen molar-refractivity contribution in [3.05, 3.63) is 0 Å². The maximum Gasteiger partial charge on any atom is 0.0596 e. The Kier molecular flexibility index (Phi) is 2.23. The fourth-order valence-electron chi connectivity index (χ4n) is 2.15. The standard InChI is InChI=1S/C7H13NO.ClH/c1-8-4-5-2-6(8)3-7(5)9;/h5-7,9H,2-4H2,1H3;1H/t5-,6-,7+;/m0./s1. The fraction of sp³-hybridized carbons (Fsp3) is 1.00. The molecule has 2 rings (SSSR count). The van der Waals surface area contributed by atoms with Gasteiger partial charge in [0.15, 0.2) is 0 Å². The lowest BCUT2D eigenvalue weighted by Gasteiger charge is -2.24. The van der Waals surface area contributed by atoms with E-state index in [1.807, 2.05) is 0 Å². The predicted molar refractivity (Wildman–Crippen MR) is 42.4 cm³/mol. The highest BCUT2D eigenvalue weighted by Gasteiger charge is 2.41. The summed E-state index contributed by atoms with van der Waals surface area (Å²) in [7, 11) is 2.15. The lowest BCUT2D eigenvalue weighted by molar-refractivity contribution is 0.0848. The average molecular weight is 164 g/mol. The second-order valence-corrected chi connectivity index (χ2v) is 3.39. The van der Waals surface area contributed by atoms with Crippen LogP contribution in [-0.2, 0) is 0 Å². The molecule has 1 N–H and O–H groups in total. The third kappa shape index (κ3) is 1.04. The zero-order valence-electron chi connectivity index (χ0n) is 6.16. The van der Waals surface area contributed by atoms with E-state index in [9.17, 15) is 5.11 Å². The Morgan fingerprint density at radius 1 is 1.40 bits per heavy atom. The number of aliphatic hydroxyl groups is 1. The normalized spacial score (nSPS) is 45.6. The maximum atomic E-state index is 9.31. The summed E-state index contributed by atoms with van der Waals surface area (Å²) in [6.45, 7) is 1.12. The van der Waals surface area contributed by atoms with E-state index >= 15 is 0 Å². The second-order valence-electron chi connectivity index (χ2n) is 3.39. The van der Waals surface area contributed by atoms with Gasteiger partial charge in [-0.25, -0.2) is 0 Å². The van der Waals surface area contributed by atoms with Crippen molar-refractivity contribution in [3.8, 4) is 0 Å². The van der Waals surface area contributed by atoms with Gasteiger partial charge in [-0.2, -0.15) is 0 Å². The van der Waals surface area contributed by atoms with Crippen LogP contribution < -0.4 is 0 Å². The molecular formula is C7H14ClNO. The van der Waals surface area contributed by atoms with E-state index in [0.717, 1.165) is 13.0 Å². The van der Waals surface area contributed by atoms with Crippen LogP contribution in [0.25, 0.3) is 0 Å². The summed E-state index contributed by atoms with van der Waals surface area (Å²) in [5, 5.41) is 9.31. The van der Waals surface area contributed by atoms with Gasteiger partial charge in [0.1, 0.15) is 0 Å². The van der Waals surface area contributed by atoms with Crippen molar-refractivity contribution in [2.45, 2.75) is 25.0 Å². The van der Waals surface area contributed by atoms with E-state index in [2.05, 4.69) is 11.9 Å². The van der Waals surface area contributed by atoms with Crippen LogP contribution in [0.2, 0.25) is 0 Å². The van der Waals surface area contributed by atoms with Gasteiger partial charge in [-0.05, 0) is 25.8 Å². The van der Waals surface area contributed by atoms with Gasteiger partial charge in [-0.3, -0.25) is 0 Å². The molecule has 0 aromatic carbocycles. The molecule has 2 aliphatic rings. The number of hydrogen-bond acceptors (Lipinski definition) is 2. The first-order valence-electron chi connectivity index (χ1n) is 3.65. The second kappa shape index (κ2) is 2.68. The molecular weight excluding hydrogens is 150 g/mol. The first-order chi connectivity index (χ1) is 4.27. The third-order valence-electron chi connectivity index (χ3n) is 2.78. The number of nitrogens with zero attached hydrogens (tertiary/aromatic N) is 1. The smallest absolute Gasteiger partial charge is 0.0596 e. The Morgan fingerprint density at radius 3 is 2.40 bits per heavy atom. The van der Waals surface area contributed by atoms with Crippen LogP contribution in [0.3, 0.4) is 0 Å². The van der Waals surface area contributed by atoms with Gasteiger partial charge < -0.3 is 10.0 Å². The molecule has 1 aliphatic carbocycles. The molecule has 2 bridgehead atoms. The van der Waals surface area contributed by atoms with Gasteiger partial charge in [0.25, 0.3) is 0 Å². The molecule has 0 aromatic heterocycles. The molecule has 0 amide bonds. The molecule has 10 heavy (non-hydrogen) atoms. The molecule has 3 heteroatoms. The molecule has 0 radical (unpaired) electrons. The zero-order chi connectivity index (χ0) is 6.43. The van der Waals surface area contributed by atoms with E-state index < -0.39 is 0 Å². The number of rotatable bonds is 0. The predicted octanol–water partition coefficient (Wildman–Crippen LogP) is 0.493. The van der Waals surface area contributed by atoms with Crippen molar-refractivity contribution >= 4 is 12.4 Å². The van der Waals surface area contributed by atoms with E-state index in [0.29, 0.717) is 12.0 Å². The van der Waals surface area contributed by atoms with Crippen molar-refractivity contribution in [1.29, 1.82) is 0 Å². The van der Waals surface area contributed by atoms with Crippen molar-refractivity contribution in [2.24, 2.45) is 5.92 Å². The van der Waals surface area contributed by atoms with Crippen LogP contribution in [0, 0.1) is 5.92 Å². The monoisotopic (exact) mass is 163 g/mol. The van der Waals surface area contributed by atoms with Gasteiger partial charge in [0.2, 0.25) is 0 Å². The number of fused-ring (bicyclic) bond motifs is 2. The third-order valence-corrected chi connectivity index (χ3v) is 2.78. The van der Waals surface area contributed by atoms with E-state index in [1.54, 1.807) is 0 Å². The summed E-state index contributed by atoms with van der Waals surface area (Å²) < 4.78 is 0. The lowest BCUT2D eigenvalue weighted by atomic mass is 10.1. The molecule has 0 aromatic rings. The van der Waals surface area contributed by atoms with Crippen LogP contribution in [0.4, 0.5) is 0 Å². The Hall–Kier alpha value is 0.210. The molecule has 0 unspecified atom stereocenters. The minimum Gasteiger partial charge on any atom is -0.393 e. The topological polar surface area (TPSA) is 23.5 Å². The maximum absolute atomic E-state index is 9.31. The Morgan fingerprint density at radius 2 is 2.10 bits per heavy atom. The van der Waals surface area contributed by atoms with E-state index in [4.69, 9.17) is 0 Å². The van der Waals surface area contributed by atoms with Crippen LogP contribution in [0.5, 0.6) is 0 Å². The van der Waals surface area contributed by atoms with Crippen molar-refractivity contribution in [3.63, 3.8) is 0 Å². The van der Waals surface area contributed by atoms with Gasteiger partial charge in [0, 0.05) is 12.6 Å². The lowest BCUT2D eigenvalue weighted by Crippen LogP contribution is -2.34. The van der Waals surface area contributed by atoms with Crippen molar-refractivity contribution in [2.75, 3.05) is 13.6 Å². The van der Waals surface area contributed by atoms with Crippen molar-refractivity contribution < 1.29 is 5.11 Å². The van der Waals surface area contributed by atoms with Crippen LogP contribution >= 0.6 is 12.4 Å². The summed E-state index contributed by atoms with van der Waals surface area (Å²) in [6, 6.07) is 0.699. The summed E-state index contributed by atoms with van der Waals surface area (Å²) in [4.78, 5) is 2.36. The highest BCUT2D eigenvalue weighted by molar-refractivity contribution is 5.85. The number of hydrogen-bond donors (Lipinski definition) is 1. The number of aliphatic hydroxyl groups excluding tert-OH is 1. The highest BCUT2D eigenvalue weighted by Crippen LogP contribution is 2.36. The first kappa shape index (κ1) is 8.31. The minimum absolute atomic E-state index is 0. The molecule has 3 atom stereocenters. The van der Waals surface area contributed by atoms with Gasteiger partial charge >= 0.3 is 0 Å². The Balaban J connectivity index is 0.000000500. The summed E-state index contributed by atoms with van der Waals surface area (Å²) in [5.74, 6) is 0.597. The number of likely N-dealkylation sites (tertiary alicyclic amines) is 1. The van der Waals surface area contributed by atoms with Gasteiger partial charge in [-0.15, -0.1) is 12.4 Å². The number of piperidine rings is 1. The minimum atomic E-state index is 0. The zero-order valence-corrected chi connectivity index (χ0v) is 6.97. The van der Waals surface area contributed by atoms with Crippen molar-refractivity contribution in [1.82, 2.24) is 4.90 Å². The molecule has 1 saturated carbocycles. The molecule has 0 spiro atoms. The van der Waals surface area contributed by atoms with Crippen LogP contribution in [-0.4, -0.2) is 35.7 Å². The van der Waals surface area contributed by atoms with Crippen LogP contribution in [0.15, 0.2) is 0 Å². The molecule has 1 saturated heterocycles. The highest BCUT2D eigenvalue weighted by atomic mass is 35.5. The Bertz CT molecular complexity index is 113. The van der Waals surface area contributed by atoms with Gasteiger partial charge in [-0.1, -0.05) is 0 Å². The van der Waals surface area contributed by atoms with Gasteiger partial charge in [0.05, 0.1) is 6.10 Å². The summed E-state index contributed by atoms with van der Waals surface area (Å²) in [5.41, 5.74) is 0. The molecule has 1 aliphatic heterocycles.